The number of hydrogen-bond acceptors (Lipinski definition) is 9. The number of amides is 2. The topological polar surface area (TPSA) is 149 Å². The van der Waals surface area contributed by atoms with Gasteiger partial charge in [-0.1, -0.05) is 39.0 Å². The van der Waals surface area contributed by atoms with Gasteiger partial charge in [0.05, 0.1) is 24.1 Å². The SMILES string of the molecule is CCCC(=O)C(=O)[C@H](CC1CCCCC1)N[C@@H](Cc1c[nH]cn1)C(=O)NC(=O)OC(C)(OC)OC. The van der Waals surface area contributed by atoms with E-state index in [1.807, 2.05) is 6.92 Å². The standard InChI is InChI=1S/C24H38N4O7/c1-5-9-20(29)21(30)18(12-16-10-7-6-8-11-16)27-19(13-17-14-25-15-26-17)22(31)28-23(32)35-24(2,33-3)34-4/h14-16,18-19,27H,5-13H2,1-4H3,(H,25,26)(H,28,31,32)/t18-,19-/m0/s1. The van der Waals surface area contributed by atoms with Crippen LogP contribution in [0.4, 0.5) is 4.79 Å². The molecule has 1 aromatic heterocycles. The molecule has 0 bridgehead atoms. The van der Waals surface area contributed by atoms with Crippen LogP contribution < -0.4 is 10.6 Å². The molecule has 0 radical (unpaired) electrons. The number of carbonyl (C=O) groups is 4. The Morgan fingerprint density at radius 3 is 2.40 bits per heavy atom. The second kappa shape index (κ2) is 14.1. The summed E-state index contributed by atoms with van der Waals surface area (Å²) in [5.74, 6) is -3.12. The van der Waals surface area contributed by atoms with Crippen LogP contribution >= 0.6 is 0 Å². The van der Waals surface area contributed by atoms with Crippen LogP contribution in [0, 0.1) is 5.92 Å². The molecule has 0 unspecified atom stereocenters. The zero-order chi connectivity index (χ0) is 25.8. The molecule has 11 nitrogen and oxygen atoms in total. The van der Waals surface area contributed by atoms with Crippen LogP contribution in [0.25, 0.3) is 0 Å². The highest BCUT2D eigenvalue weighted by molar-refractivity contribution is 6.39. The third-order valence-corrected chi connectivity index (χ3v) is 6.29. The molecule has 1 saturated carbocycles. The highest BCUT2D eigenvalue weighted by atomic mass is 16.9. The van der Waals surface area contributed by atoms with Gasteiger partial charge < -0.3 is 19.2 Å². The van der Waals surface area contributed by atoms with Crippen LogP contribution in [0.3, 0.4) is 0 Å². The van der Waals surface area contributed by atoms with Crippen LogP contribution in [-0.2, 0) is 35.0 Å². The first-order chi connectivity index (χ1) is 16.7. The summed E-state index contributed by atoms with van der Waals surface area (Å²) in [7, 11) is 2.57. The summed E-state index contributed by atoms with van der Waals surface area (Å²) >= 11 is 0. The van der Waals surface area contributed by atoms with Crippen molar-refractivity contribution in [1.29, 1.82) is 0 Å². The Balaban J connectivity index is 2.20. The average Bonchev–Trinajstić information content (AvgIpc) is 3.36. The molecular formula is C24H38N4O7. The maximum Gasteiger partial charge on any atom is 0.418 e. The lowest BCUT2D eigenvalue weighted by Gasteiger charge is -2.29. The average molecular weight is 495 g/mol. The van der Waals surface area contributed by atoms with Crippen LogP contribution in [0.1, 0.15) is 70.9 Å². The number of ketones is 2. The number of Topliss-reactive ketones (excluding diaryl/α,β-unsaturated/α-hetero) is 2. The molecule has 1 aromatic rings. The molecule has 196 valence electrons. The number of alkyl carbamates (subject to hydrolysis) is 1. The number of nitrogens with zero attached hydrogens (tertiary/aromatic N) is 1. The van der Waals surface area contributed by atoms with E-state index in [-0.39, 0.29) is 18.8 Å². The van der Waals surface area contributed by atoms with Gasteiger partial charge in [0.1, 0.15) is 0 Å². The number of imidazole rings is 1. The minimum absolute atomic E-state index is 0.0881. The number of methoxy groups -OCH3 is 2. The summed E-state index contributed by atoms with van der Waals surface area (Å²) in [5.41, 5.74) is 0.549. The molecule has 11 heteroatoms. The molecule has 3 N–H and O–H groups in total. The van der Waals surface area contributed by atoms with Gasteiger partial charge in [0, 0.05) is 40.2 Å². The number of aromatic amines is 1. The smallest absolute Gasteiger partial charge is 0.391 e. The first kappa shape index (κ1) is 28.6. The van der Waals surface area contributed by atoms with E-state index in [0.717, 1.165) is 32.1 Å². The van der Waals surface area contributed by atoms with Crippen molar-refractivity contribution in [2.24, 2.45) is 5.92 Å². The normalized spacial score (nSPS) is 16.3. The second-order valence-electron chi connectivity index (χ2n) is 8.96. The van der Waals surface area contributed by atoms with Gasteiger partial charge in [0.2, 0.25) is 11.7 Å². The van der Waals surface area contributed by atoms with E-state index in [9.17, 15) is 19.2 Å². The lowest BCUT2D eigenvalue weighted by Crippen LogP contribution is -2.55. The first-order valence-electron chi connectivity index (χ1n) is 12.2. The van der Waals surface area contributed by atoms with E-state index in [1.54, 1.807) is 6.20 Å². The fourth-order valence-electron chi connectivity index (χ4n) is 4.18. The molecule has 2 amide bonds. The van der Waals surface area contributed by atoms with Crippen molar-refractivity contribution in [1.82, 2.24) is 20.6 Å². The molecule has 2 atom stereocenters. The quantitative estimate of drug-likeness (QED) is 0.262. The number of ether oxygens (including phenoxy) is 3. The lowest BCUT2D eigenvalue weighted by atomic mass is 9.83. The Kier molecular flexibility index (Phi) is 11.5. The maximum atomic E-state index is 13.1. The summed E-state index contributed by atoms with van der Waals surface area (Å²) in [6.07, 6.45) is 8.52. The second-order valence-corrected chi connectivity index (χ2v) is 8.96. The molecule has 2 rings (SSSR count). The van der Waals surface area contributed by atoms with Gasteiger partial charge in [-0.05, 0) is 18.8 Å². The molecule has 1 aliphatic carbocycles. The number of carbonyl (C=O) groups excluding carboxylic acids is 4. The van der Waals surface area contributed by atoms with Crippen molar-refractivity contribution in [3.63, 3.8) is 0 Å². The largest absolute Gasteiger partial charge is 0.418 e. The Hall–Kier alpha value is -2.63. The molecular weight excluding hydrogens is 456 g/mol. The Labute approximate surface area is 206 Å². The number of hydrogen-bond donors (Lipinski definition) is 3. The molecule has 0 aromatic carbocycles. The summed E-state index contributed by atoms with van der Waals surface area (Å²) in [4.78, 5) is 58.0. The summed E-state index contributed by atoms with van der Waals surface area (Å²) in [5, 5.41) is 5.23. The minimum atomic E-state index is -1.68. The number of aromatic nitrogens is 2. The Morgan fingerprint density at radius 1 is 1.14 bits per heavy atom. The van der Waals surface area contributed by atoms with Gasteiger partial charge in [0.15, 0.2) is 5.78 Å². The van der Waals surface area contributed by atoms with E-state index >= 15 is 0 Å². The minimum Gasteiger partial charge on any atom is -0.391 e. The van der Waals surface area contributed by atoms with Crippen molar-refractivity contribution in [3.8, 4) is 0 Å². The van der Waals surface area contributed by atoms with Crippen molar-refractivity contribution >= 4 is 23.6 Å². The van der Waals surface area contributed by atoms with E-state index in [2.05, 4.69) is 20.6 Å². The first-order valence-corrected chi connectivity index (χ1v) is 12.2. The van der Waals surface area contributed by atoms with Gasteiger partial charge >= 0.3 is 12.1 Å². The van der Waals surface area contributed by atoms with Crippen LogP contribution in [0.2, 0.25) is 0 Å². The van der Waals surface area contributed by atoms with Crippen LogP contribution in [0.5, 0.6) is 0 Å². The highest BCUT2D eigenvalue weighted by Gasteiger charge is 2.34. The molecule has 1 aliphatic rings. The fraction of sp³-hybridized carbons (Fsp3) is 0.708. The lowest BCUT2D eigenvalue weighted by molar-refractivity contribution is -0.322. The molecule has 1 heterocycles. The number of H-pyrrole nitrogens is 1. The number of imide groups is 1. The van der Waals surface area contributed by atoms with E-state index in [4.69, 9.17) is 14.2 Å². The monoisotopic (exact) mass is 494 g/mol. The van der Waals surface area contributed by atoms with E-state index in [0.29, 0.717) is 18.5 Å². The van der Waals surface area contributed by atoms with Gasteiger partial charge in [-0.2, -0.15) is 0 Å². The van der Waals surface area contributed by atoms with Gasteiger partial charge in [0.25, 0.3) is 0 Å². The van der Waals surface area contributed by atoms with Crippen LogP contribution in [-0.4, -0.2) is 65.8 Å². The number of rotatable bonds is 14. The molecule has 0 spiro atoms. The van der Waals surface area contributed by atoms with Gasteiger partial charge in [-0.25, -0.2) is 9.78 Å². The molecule has 1 fully saturated rings. The van der Waals surface area contributed by atoms with Crippen molar-refractivity contribution in [2.75, 3.05) is 14.2 Å². The third-order valence-electron chi connectivity index (χ3n) is 6.29. The van der Waals surface area contributed by atoms with Crippen molar-refractivity contribution < 1.29 is 33.4 Å². The molecule has 0 saturated heterocycles. The van der Waals surface area contributed by atoms with Gasteiger partial charge in [-0.3, -0.25) is 25.0 Å². The Bertz CT molecular complexity index is 833. The van der Waals surface area contributed by atoms with E-state index in [1.165, 1.54) is 27.5 Å². The highest BCUT2D eigenvalue weighted by Crippen LogP contribution is 2.28. The fourth-order valence-corrected chi connectivity index (χ4v) is 4.18. The number of nitrogens with one attached hydrogen (secondary N) is 3. The van der Waals surface area contributed by atoms with Crippen molar-refractivity contribution in [2.45, 2.75) is 89.7 Å². The summed E-state index contributed by atoms with van der Waals surface area (Å²) < 4.78 is 15.0. The van der Waals surface area contributed by atoms with E-state index < -0.39 is 41.6 Å². The maximum absolute atomic E-state index is 13.1. The predicted octanol–water partition coefficient (Wildman–Crippen LogP) is 2.41. The zero-order valence-corrected chi connectivity index (χ0v) is 21.1. The third kappa shape index (κ3) is 9.15. The molecule has 0 aliphatic heterocycles. The van der Waals surface area contributed by atoms with Crippen molar-refractivity contribution in [3.05, 3.63) is 18.2 Å². The predicted molar refractivity (Wildman–Crippen MR) is 126 cm³/mol. The zero-order valence-electron chi connectivity index (χ0n) is 21.1. The Morgan fingerprint density at radius 2 is 1.83 bits per heavy atom. The van der Waals surface area contributed by atoms with Gasteiger partial charge in [-0.15, -0.1) is 0 Å². The molecule has 35 heavy (non-hydrogen) atoms. The van der Waals surface area contributed by atoms with Crippen LogP contribution in [0.15, 0.2) is 12.5 Å². The summed E-state index contributed by atoms with van der Waals surface area (Å²) in [6.45, 7) is 3.21. The summed E-state index contributed by atoms with van der Waals surface area (Å²) in [6, 6.07) is -1.86.